The molecule has 4 aromatic rings. The van der Waals surface area contributed by atoms with Crippen molar-refractivity contribution in [3.63, 3.8) is 0 Å². The highest BCUT2D eigenvalue weighted by atomic mass is 19.1. The minimum Gasteiger partial charge on any atom is -0.305 e. The SMILES string of the molecule is CCn1ncnc1C1c2nncc3cc(F)cc(c23)CNC1c1ccccc1. The summed E-state index contributed by atoms with van der Waals surface area (Å²) in [7, 11) is 0. The molecule has 0 aliphatic carbocycles. The normalized spacial score (nSPS) is 18.9. The largest absolute Gasteiger partial charge is 0.305 e. The second kappa shape index (κ2) is 6.76. The molecule has 2 unspecified atom stereocenters. The predicted molar refractivity (Wildman–Crippen MR) is 103 cm³/mol. The molecule has 7 heteroatoms. The number of hydrogen-bond acceptors (Lipinski definition) is 5. The number of nitrogens with zero attached hydrogens (tertiary/aromatic N) is 5. The van der Waals surface area contributed by atoms with Gasteiger partial charge in [-0.3, -0.25) is 0 Å². The monoisotopic (exact) mass is 374 g/mol. The number of nitrogens with one attached hydrogen (secondary N) is 1. The molecule has 1 aliphatic rings. The lowest BCUT2D eigenvalue weighted by atomic mass is 9.88. The summed E-state index contributed by atoms with van der Waals surface area (Å²) >= 11 is 0. The zero-order chi connectivity index (χ0) is 19.1. The highest BCUT2D eigenvalue weighted by Gasteiger charge is 2.35. The van der Waals surface area contributed by atoms with Crippen LogP contribution in [0.1, 0.15) is 41.5 Å². The molecule has 2 atom stereocenters. The molecule has 0 bridgehead atoms. The second-order valence-corrected chi connectivity index (χ2v) is 6.94. The van der Waals surface area contributed by atoms with Crippen LogP contribution in [-0.4, -0.2) is 25.0 Å². The molecule has 1 N–H and O–H groups in total. The van der Waals surface area contributed by atoms with E-state index in [1.807, 2.05) is 29.8 Å². The highest BCUT2D eigenvalue weighted by Crippen LogP contribution is 2.41. The van der Waals surface area contributed by atoms with Crippen molar-refractivity contribution in [2.75, 3.05) is 0 Å². The van der Waals surface area contributed by atoms with Crippen LogP contribution in [0.2, 0.25) is 0 Å². The third kappa shape index (κ3) is 2.66. The molecule has 3 heterocycles. The first-order chi connectivity index (χ1) is 13.8. The predicted octanol–water partition coefficient (Wildman–Crippen LogP) is 3.36. The van der Waals surface area contributed by atoms with Crippen LogP contribution >= 0.6 is 0 Å². The van der Waals surface area contributed by atoms with Gasteiger partial charge in [0.2, 0.25) is 0 Å². The summed E-state index contributed by atoms with van der Waals surface area (Å²) in [5.74, 6) is 0.352. The molecule has 1 aliphatic heterocycles. The van der Waals surface area contributed by atoms with E-state index in [1.54, 1.807) is 18.6 Å². The van der Waals surface area contributed by atoms with Crippen molar-refractivity contribution in [1.29, 1.82) is 0 Å². The van der Waals surface area contributed by atoms with E-state index in [-0.39, 0.29) is 17.8 Å². The van der Waals surface area contributed by atoms with E-state index in [4.69, 9.17) is 0 Å². The van der Waals surface area contributed by atoms with Gasteiger partial charge in [-0.15, -0.1) is 0 Å². The lowest BCUT2D eigenvalue weighted by Crippen LogP contribution is -2.28. The topological polar surface area (TPSA) is 68.5 Å². The van der Waals surface area contributed by atoms with Crippen molar-refractivity contribution in [3.05, 3.63) is 83.5 Å². The molecular formula is C21H19FN6. The van der Waals surface area contributed by atoms with Crippen molar-refractivity contribution in [2.45, 2.75) is 32.0 Å². The van der Waals surface area contributed by atoms with Gasteiger partial charge < -0.3 is 5.32 Å². The molecule has 140 valence electrons. The van der Waals surface area contributed by atoms with Gasteiger partial charge >= 0.3 is 0 Å². The van der Waals surface area contributed by atoms with Gasteiger partial charge in [0.05, 0.1) is 17.8 Å². The molecule has 2 aromatic heterocycles. The Morgan fingerprint density at radius 3 is 2.89 bits per heavy atom. The minimum atomic E-state index is -0.269. The van der Waals surface area contributed by atoms with E-state index in [1.165, 1.54) is 6.07 Å². The van der Waals surface area contributed by atoms with Crippen molar-refractivity contribution in [2.24, 2.45) is 0 Å². The standard InChI is InChI=1S/C21H19FN6/c1-2-28-21(24-12-26-28)18-19(13-6-4-3-5-7-13)23-10-14-8-16(22)9-15-11-25-27-20(18)17(14)15/h3-9,11-12,18-19,23H,2,10H2,1H3. The molecule has 6 nitrogen and oxygen atoms in total. The van der Waals surface area contributed by atoms with Crippen LogP contribution in [0.5, 0.6) is 0 Å². The summed E-state index contributed by atoms with van der Waals surface area (Å²) in [6, 6.07) is 13.2. The number of aryl methyl sites for hydroxylation is 1. The van der Waals surface area contributed by atoms with Crippen LogP contribution in [0.25, 0.3) is 10.8 Å². The van der Waals surface area contributed by atoms with E-state index in [0.717, 1.165) is 33.4 Å². The molecule has 5 rings (SSSR count). The van der Waals surface area contributed by atoms with Gasteiger partial charge in [-0.1, -0.05) is 30.3 Å². The lowest BCUT2D eigenvalue weighted by molar-refractivity contribution is 0.450. The average molecular weight is 374 g/mol. The summed E-state index contributed by atoms with van der Waals surface area (Å²) in [6.45, 7) is 3.27. The van der Waals surface area contributed by atoms with Crippen LogP contribution in [0, 0.1) is 5.82 Å². The summed E-state index contributed by atoms with van der Waals surface area (Å²) in [5, 5.41) is 18.4. The number of rotatable bonds is 3. The maximum absolute atomic E-state index is 14.2. The Morgan fingerprint density at radius 1 is 1.21 bits per heavy atom. The van der Waals surface area contributed by atoms with Gasteiger partial charge in [0.25, 0.3) is 0 Å². The zero-order valence-electron chi connectivity index (χ0n) is 15.4. The van der Waals surface area contributed by atoms with E-state index in [2.05, 4.69) is 37.7 Å². The fourth-order valence-corrected chi connectivity index (χ4v) is 4.16. The summed E-state index contributed by atoms with van der Waals surface area (Å²) in [6.07, 6.45) is 3.20. The van der Waals surface area contributed by atoms with Crippen molar-refractivity contribution in [3.8, 4) is 0 Å². The summed E-state index contributed by atoms with van der Waals surface area (Å²) in [4.78, 5) is 4.58. The van der Waals surface area contributed by atoms with Crippen LogP contribution < -0.4 is 5.32 Å². The second-order valence-electron chi connectivity index (χ2n) is 6.94. The van der Waals surface area contributed by atoms with Gasteiger partial charge in [-0.2, -0.15) is 15.3 Å². The van der Waals surface area contributed by atoms with Crippen molar-refractivity contribution >= 4 is 10.8 Å². The van der Waals surface area contributed by atoms with Gasteiger partial charge in [0.15, 0.2) is 0 Å². The van der Waals surface area contributed by atoms with Crippen molar-refractivity contribution in [1.82, 2.24) is 30.3 Å². The first kappa shape index (κ1) is 16.9. The fraction of sp³-hybridized carbons (Fsp3) is 0.238. The van der Waals surface area contributed by atoms with Crippen LogP contribution in [0.4, 0.5) is 4.39 Å². The molecule has 0 saturated carbocycles. The molecule has 2 aromatic carbocycles. The Balaban J connectivity index is 1.81. The van der Waals surface area contributed by atoms with Gasteiger partial charge in [-0.05, 0) is 30.2 Å². The molecule has 0 radical (unpaired) electrons. The van der Waals surface area contributed by atoms with E-state index in [9.17, 15) is 4.39 Å². The van der Waals surface area contributed by atoms with Gasteiger partial charge in [0.1, 0.15) is 18.0 Å². The number of aromatic nitrogens is 5. The maximum atomic E-state index is 14.2. The molecule has 0 spiro atoms. The molecular weight excluding hydrogens is 355 g/mol. The van der Waals surface area contributed by atoms with Crippen molar-refractivity contribution < 1.29 is 4.39 Å². The van der Waals surface area contributed by atoms with E-state index < -0.39 is 0 Å². The highest BCUT2D eigenvalue weighted by molar-refractivity contribution is 5.88. The quantitative estimate of drug-likeness (QED) is 0.596. The Labute approximate surface area is 161 Å². The lowest BCUT2D eigenvalue weighted by Gasteiger charge is -2.26. The third-order valence-electron chi connectivity index (χ3n) is 5.36. The molecule has 0 amide bonds. The summed E-state index contributed by atoms with van der Waals surface area (Å²) in [5.41, 5.74) is 2.80. The minimum absolute atomic E-state index is 0.0916. The smallest absolute Gasteiger partial charge is 0.138 e. The number of halogens is 1. The number of benzene rings is 2. The number of hydrogen-bond donors (Lipinski definition) is 1. The first-order valence-corrected chi connectivity index (χ1v) is 9.36. The Kier molecular flexibility index (Phi) is 4.09. The maximum Gasteiger partial charge on any atom is 0.138 e. The molecule has 0 saturated heterocycles. The van der Waals surface area contributed by atoms with Crippen LogP contribution in [0.3, 0.4) is 0 Å². The Morgan fingerprint density at radius 2 is 2.07 bits per heavy atom. The Hall–Kier alpha value is -3.19. The van der Waals surface area contributed by atoms with Gasteiger partial charge in [0, 0.05) is 29.9 Å². The summed E-state index contributed by atoms with van der Waals surface area (Å²) < 4.78 is 16.1. The third-order valence-corrected chi connectivity index (χ3v) is 5.36. The molecule has 28 heavy (non-hydrogen) atoms. The first-order valence-electron chi connectivity index (χ1n) is 9.36. The fourth-order valence-electron chi connectivity index (χ4n) is 4.16. The van der Waals surface area contributed by atoms with Gasteiger partial charge in [-0.25, -0.2) is 14.1 Å². The zero-order valence-corrected chi connectivity index (χ0v) is 15.4. The van der Waals surface area contributed by atoms with E-state index >= 15 is 0 Å². The molecule has 0 fully saturated rings. The van der Waals surface area contributed by atoms with Crippen LogP contribution in [-0.2, 0) is 13.1 Å². The average Bonchev–Trinajstić information content (AvgIpc) is 3.12. The van der Waals surface area contributed by atoms with Crippen LogP contribution in [0.15, 0.2) is 55.0 Å². The Bertz CT molecular complexity index is 1140. The van der Waals surface area contributed by atoms with E-state index in [0.29, 0.717) is 13.1 Å².